The lowest BCUT2D eigenvalue weighted by Crippen LogP contribution is -2.42. The van der Waals surface area contributed by atoms with Crippen molar-refractivity contribution in [3.8, 4) is 5.75 Å². The molecule has 0 atom stereocenters. The molecule has 37 heavy (non-hydrogen) atoms. The standard InChI is InChI=1S/C29H38ClN3O3S/c1-19-11-12-20(2)25(17-19)36-16-8-15-29(3,4)27(35)33-28(37)32-22-13-14-24(30)23(18-22)26(34)31-21-9-6-5-7-10-21/h11-14,17-18,21H,5-10,15-16H2,1-4H3,(H,31,34)(H2,32,33,35,37). The molecule has 6 nitrogen and oxygen atoms in total. The monoisotopic (exact) mass is 543 g/mol. The molecule has 0 saturated heterocycles. The molecule has 2 aromatic rings. The molecule has 0 unspecified atom stereocenters. The smallest absolute Gasteiger partial charge is 0.253 e. The Morgan fingerprint density at radius 2 is 1.81 bits per heavy atom. The summed E-state index contributed by atoms with van der Waals surface area (Å²) in [6, 6.07) is 11.4. The lowest BCUT2D eigenvalue weighted by molar-refractivity contribution is -0.128. The van der Waals surface area contributed by atoms with E-state index in [0.29, 0.717) is 29.3 Å². The third kappa shape index (κ3) is 8.71. The highest BCUT2D eigenvalue weighted by molar-refractivity contribution is 7.80. The highest BCUT2D eigenvalue weighted by Gasteiger charge is 2.28. The number of hydrogen-bond acceptors (Lipinski definition) is 4. The number of aryl methyl sites for hydroxylation is 2. The van der Waals surface area contributed by atoms with Crippen LogP contribution in [-0.2, 0) is 4.79 Å². The maximum absolute atomic E-state index is 12.9. The second-order valence-corrected chi connectivity index (χ2v) is 11.3. The topological polar surface area (TPSA) is 79.5 Å². The van der Waals surface area contributed by atoms with E-state index in [9.17, 15) is 9.59 Å². The Hall–Kier alpha value is -2.64. The number of halogens is 1. The summed E-state index contributed by atoms with van der Waals surface area (Å²) in [7, 11) is 0. The lowest BCUT2D eigenvalue weighted by atomic mass is 9.87. The van der Waals surface area contributed by atoms with Gasteiger partial charge < -0.3 is 20.7 Å². The van der Waals surface area contributed by atoms with E-state index in [2.05, 4.69) is 22.0 Å². The first-order valence-corrected chi connectivity index (χ1v) is 13.8. The van der Waals surface area contributed by atoms with Gasteiger partial charge in [0.05, 0.1) is 17.2 Å². The molecule has 0 aromatic heterocycles. The predicted molar refractivity (Wildman–Crippen MR) is 155 cm³/mol. The maximum atomic E-state index is 12.9. The Kier molecular flexibility index (Phi) is 10.4. The Bertz CT molecular complexity index is 1130. The summed E-state index contributed by atoms with van der Waals surface area (Å²) in [4.78, 5) is 25.7. The maximum Gasteiger partial charge on any atom is 0.253 e. The summed E-state index contributed by atoms with van der Waals surface area (Å²) in [5.74, 6) is 0.503. The number of carbonyl (C=O) groups excluding carboxylic acids is 2. The van der Waals surface area contributed by atoms with E-state index >= 15 is 0 Å². The number of anilines is 1. The molecule has 1 fully saturated rings. The van der Waals surface area contributed by atoms with Crippen LogP contribution in [0.2, 0.25) is 5.02 Å². The van der Waals surface area contributed by atoms with Crippen LogP contribution in [0.3, 0.4) is 0 Å². The van der Waals surface area contributed by atoms with Crippen molar-refractivity contribution in [1.82, 2.24) is 10.6 Å². The number of benzene rings is 2. The van der Waals surface area contributed by atoms with Crippen LogP contribution in [0, 0.1) is 19.3 Å². The number of rotatable bonds is 9. The highest BCUT2D eigenvalue weighted by Crippen LogP contribution is 2.25. The SMILES string of the molecule is Cc1ccc(C)c(OCCCC(C)(C)C(=O)NC(=S)Nc2ccc(Cl)c(C(=O)NC3CCCCC3)c2)c1. The zero-order valence-corrected chi connectivity index (χ0v) is 23.8. The minimum Gasteiger partial charge on any atom is -0.493 e. The third-order valence-corrected chi connectivity index (χ3v) is 7.33. The Labute approximate surface area is 230 Å². The van der Waals surface area contributed by atoms with Crippen molar-refractivity contribution < 1.29 is 14.3 Å². The first-order valence-electron chi connectivity index (χ1n) is 13.0. The number of thiocarbonyl (C=S) groups is 1. The summed E-state index contributed by atoms with van der Waals surface area (Å²) < 4.78 is 5.93. The molecule has 2 amide bonds. The molecular weight excluding hydrogens is 506 g/mol. The molecule has 0 aliphatic heterocycles. The number of nitrogens with one attached hydrogen (secondary N) is 3. The van der Waals surface area contributed by atoms with Gasteiger partial charge in [-0.1, -0.05) is 56.8 Å². The van der Waals surface area contributed by atoms with E-state index in [-0.39, 0.29) is 23.0 Å². The van der Waals surface area contributed by atoms with E-state index in [1.807, 2.05) is 39.8 Å². The van der Waals surface area contributed by atoms with E-state index in [4.69, 9.17) is 28.6 Å². The van der Waals surface area contributed by atoms with Crippen LogP contribution in [0.15, 0.2) is 36.4 Å². The molecule has 8 heteroatoms. The van der Waals surface area contributed by atoms with Gasteiger partial charge in [0.1, 0.15) is 5.75 Å². The zero-order chi connectivity index (χ0) is 27.0. The normalized spacial score (nSPS) is 14.1. The Balaban J connectivity index is 1.49. The van der Waals surface area contributed by atoms with Crippen molar-refractivity contribution in [2.45, 2.75) is 78.7 Å². The van der Waals surface area contributed by atoms with Crippen LogP contribution in [-0.4, -0.2) is 29.6 Å². The molecule has 1 saturated carbocycles. The van der Waals surface area contributed by atoms with Gasteiger partial charge >= 0.3 is 0 Å². The summed E-state index contributed by atoms with van der Waals surface area (Å²) in [6.07, 6.45) is 6.82. The minimum atomic E-state index is -0.637. The van der Waals surface area contributed by atoms with Crippen LogP contribution >= 0.6 is 23.8 Å². The lowest BCUT2D eigenvalue weighted by Gasteiger charge is -2.24. The third-order valence-electron chi connectivity index (χ3n) is 6.80. The molecule has 0 radical (unpaired) electrons. The van der Waals surface area contributed by atoms with Crippen molar-refractivity contribution in [2.75, 3.05) is 11.9 Å². The van der Waals surface area contributed by atoms with Gasteiger partial charge in [0, 0.05) is 17.1 Å². The summed E-state index contributed by atoms with van der Waals surface area (Å²) in [5.41, 5.74) is 2.58. The molecular formula is C29H38ClN3O3S. The molecule has 0 bridgehead atoms. The quantitative estimate of drug-likeness (QED) is 0.242. The van der Waals surface area contributed by atoms with Crippen LogP contribution in [0.4, 0.5) is 5.69 Å². The Morgan fingerprint density at radius 1 is 1.08 bits per heavy atom. The Morgan fingerprint density at radius 3 is 2.54 bits per heavy atom. The van der Waals surface area contributed by atoms with E-state index in [0.717, 1.165) is 49.0 Å². The van der Waals surface area contributed by atoms with Crippen molar-refractivity contribution in [1.29, 1.82) is 0 Å². The largest absolute Gasteiger partial charge is 0.493 e. The van der Waals surface area contributed by atoms with Gasteiger partial charge in [-0.15, -0.1) is 0 Å². The van der Waals surface area contributed by atoms with Crippen LogP contribution in [0.1, 0.15) is 80.3 Å². The second-order valence-electron chi connectivity index (χ2n) is 10.5. The molecule has 200 valence electrons. The molecule has 3 N–H and O–H groups in total. The van der Waals surface area contributed by atoms with E-state index in [1.54, 1.807) is 18.2 Å². The summed E-state index contributed by atoms with van der Waals surface area (Å²) in [5, 5.41) is 9.42. The number of ether oxygens (including phenoxy) is 1. The van der Waals surface area contributed by atoms with Gasteiger partial charge in [0.25, 0.3) is 5.91 Å². The van der Waals surface area contributed by atoms with Gasteiger partial charge in [-0.2, -0.15) is 0 Å². The number of amides is 2. The fourth-order valence-electron chi connectivity index (χ4n) is 4.39. The average Bonchev–Trinajstić information content (AvgIpc) is 2.85. The molecule has 3 rings (SSSR count). The fourth-order valence-corrected chi connectivity index (χ4v) is 4.81. The molecule has 0 heterocycles. The van der Waals surface area contributed by atoms with Crippen LogP contribution < -0.4 is 20.7 Å². The summed E-state index contributed by atoms with van der Waals surface area (Å²) in [6.45, 7) is 8.36. The zero-order valence-electron chi connectivity index (χ0n) is 22.2. The van der Waals surface area contributed by atoms with Crippen molar-refractivity contribution >= 4 is 46.4 Å². The minimum absolute atomic E-state index is 0.172. The van der Waals surface area contributed by atoms with Gasteiger partial charge in [0.2, 0.25) is 5.91 Å². The molecule has 1 aliphatic rings. The van der Waals surface area contributed by atoms with Gasteiger partial charge in [-0.05, 0) is 87.1 Å². The van der Waals surface area contributed by atoms with Crippen molar-refractivity contribution in [3.63, 3.8) is 0 Å². The summed E-state index contributed by atoms with van der Waals surface area (Å²) >= 11 is 11.7. The fraction of sp³-hybridized carbons (Fsp3) is 0.483. The molecule has 0 spiro atoms. The van der Waals surface area contributed by atoms with Crippen LogP contribution in [0.5, 0.6) is 5.75 Å². The second kappa shape index (κ2) is 13.2. The van der Waals surface area contributed by atoms with Gasteiger partial charge in [0.15, 0.2) is 5.11 Å². The molecule has 1 aliphatic carbocycles. The van der Waals surface area contributed by atoms with Gasteiger partial charge in [-0.3, -0.25) is 9.59 Å². The number of hydrogen-bond donors (Lipinski definition) is 3. The molecule has 2 aromatic carbocycles. The highest BCUT2D eigenvalue weighted by atomic mass is 35.5. The predicted octanol–water partition coefficient (Wildman–Crippen LogP) is 6.72. The number of carbonyl (C=O) groups is 2. The van der Waals surface area contributed by atoms with E-state index in [1.165, 1.54) is 6.42 Å². The van der Waals surface area contributed by atoms with Crippen molar-refractivity contribution in [2.24, 2.45) is 5.41 Å². The van der Waals surface area contributed by atoms with Crippen molar-refractivity contribution in [3.05, 3.63) is 58.1 Å². The first-order chi connectivity index (χ1) is 17.5. The average molecular weight is 544 g/mol. The van der Waals surface area contributed by atoms with E-state index < -0.39 is 5.41 Å². The first kappa shape index (κ1) is 28.9. The van der Waals surface area contributed by atoms with Gasteiger partial charge in [-0.25, -0.2) is 0 Å². The van der Waals surface area contributed by atoms with Crippen LogP contribution in [0.25, 0.3) is 0 Å².